The number of hydrogen-bond acceptors (Lipinski definition) is 3. The summed E-state index contributed by atoms with van der Waals surface area (Å²) in [4.78, 5) is 0. The molecular formula is C13H13BrO2S. The Labute approximate surface area is 113 Å². The van der Waals surface area contributed by atoms with Gasteiger partial charge in [-0.1, -0.05) is 22.0 Å². The van der Waals surface area contributed by atoms with Gasteiger partial charge in [0.25, 0.3) is 0 Å². The zero-order valence-electron chi connectivity index (χ0n) is 9.39. The highest BCUT2D eigenvalue weighted by atomic mass is 79.9. The first-order valence-electron chi connectivity index (χ1n) is 5.28. The van der Waals surface area contributed by atoms with E-state index in [2.05, 4.69) is 21.3 Å². The normalized spacial score (nSPS) is 12.4. The van der Waals surface area contributed by atoms with E-state index in [1.165, 1.54) is 0 Å². The lowest BCUT2D eigenvalue weighted by molar-refractivity contribution is 0.190. The van der Waals surface area contributed by atoms with Gasteiger partial charge >= 0.3 is 0 Å². The van der Waals surface area contributed by atoms with Gasteiger partial charge in [-0.25, -0.2) is 0 Å². The zero-order chi connectivity index (χ0) is 12.3. The molecule has 0 unspecified atom stereocenters. The van der Waals surface area contributed by atoms with Crippen molar-refractivity contribution in [3.05, 3.63) is 50.6 Å². The minimum atomic E-state index is -0.527. The van der Waals surface area contributed by atoms with Gasteiger partial charge in [0.1, 0.15) is 12.4 Å². The van der Waals surface area contributed by atoms with Gasteiger partial charge in [0, 0.05) is 10.0 Å². The van der Waals surface area contributed by atoms with Crippen molar-refractivity contribution in [1.29, 1.82) is 0 Å². The summed E-state index contributed by atoms with van der Waals surface area (Å²) in [5.41, 5.74) is 1.95. The summed E-state index contributed by atoms with van der Waals surface area (Å²) < 4.78 is 6.69. The summed E-state index contributed by atoms with van der Waals surface area (Å²) in [6.45, 7) is 2.26. The van der Waals surface area contributed by atoms with E-state index < -0.39 is 6.10 Å². The molecule has 0 bridgehead atoms. The number of benzene rings is 1. The Kier molecular flexibility index (Phi) is 4.20. The minimum absolute atomic E-state index is 0.527. The maximum absolute atomic E-state index is 9.66. The maximum Gasteiger partial charge on any atom is 0.126 e. The van der Waals surface area contributed by atoms with Gasteiger partial charge in [0.2, 0.25) is 0 Å². The second-order valence-corrected chi connectivity index (χ2v) is 5.47. The van der Waals surface area contributed by atoms with Crippen LogP contribution in [-0.4, -0.2) is 5.11 Å². The number of halogens is 1. The van der Waals surface area contributed by atoms with Crippen LogP contribution in [0.1, 0.15) is 24.2 Å². The number of ether oxygens (including phenoxy) is 1. The molecule has 0 amide bonds. The second-order valence-electron chi connectivity index (χ2n) is 3.78. The van der Waals surface area contributed by atoms with E-state index in [1.54, 1.807) is 18.3 Å². The summed E-state index contributed by atoms with van der Waals surface area (Å²) >= 11 is 5.05. The smallest absolute Gasteiger partial charge is 0.126 e. The maximum atomic E-state index is 9.66. The lowest BCUT2D eigenvalue weighted by atomic mass is 10.1. The molecule has 0 aliphatic rings. The molecule has 2 aromatic rings. The predicted octanol–water partition coefficient (Wildman–Crippen LogP) is 4.14. The molecule has 0 spiro atoms. The Morgan fingerprint density at radius 1 is 1.41 bits per heavy atom. The van der Waals surface area contributed by atoms with Crippen molar-refractivity contribution in [3.8, 4) is 5.75 Å². The first-order valence-corrected chi connectivity index (χ1v) is 7.02. The van der Waals surface area contributed by atoms with E-state index in [0.29, 0.717) is 6.61 Å². The third-order valence-corrected chi connectivity index (χ3v) is 3.63. The van der Waals surface area contributed by atoms with Crippen LogP contribution < -0.4 is 4.74 Å². The van der Waals surface area contributed by atoms with Crippen molar-refractivity contribution < 1.29 is 9.84 Å². The highest BCUT2D eigenvalue weighted by Gasteiger charge is 2.09. The van der Waals surface area contributed by atoms with Crippen molar-refractivity contribution in [2.24, 2.45) is 0 Å². The van der Waals surface area contributed by atoms with Crippen LogP contribution in [0.4, 0.5) is 0 Å². The SMILES string of the molecule is C[C@@H](O)c1ccc(Br)cc1OCc1ccsc1. The predicted molar refractivity (Wildman–Crippen MR) is 73.4 cm³/mol. The topological polar surface area (TPSA) is 29.5 Å². The molecule has 2 nitrogen and oxygen atoms in total. The monoisotopic (exact) mass is 312 g/mol. The van der Waals surface area contributed by atoms with Crippen molar-refractivity contribution in [3.63, 3.8) is 0 Å². The molecule has 0 saturated carbocycles. The minimum Gasteiger partial charge on any atom is -0.488 e. The van der Waals surface area contributed by atoms with Crippen LogP contribution in [0.15, 0.2) is 39.5 Å². The first-order chi connectivity index (χ1) is 8.16. The van der Waals surface area contributed by atoms with Crippen LogP contribution in [0, 0.1) is 0 Å². The summed E-state index contributed by atoms with van der Waals surface area (Å²) in [6.07, 6.45) is -0.527. The third-order valence-electron chi connectivity index (χ3n) is 2.40. The van der Waals surface area contributed by atoms with Gasteiger partial charge in [-0.15, -0.1) is 0 Å². The van der Waals surface area contributed by atoms with Gasteiger partial charge in [-0.05, 0) is 41.4 Å². The third kappa shape index (κ3) is 3.31. The average Bonchev–Trinajstić information content (AvgIpc) is 2.78. The largest absolute Gasteiger partial charge is 0.488 e. The van der Waals surface area contributed by atoms with Gasteiger partial charge in [0.15, 0.2) is 0 Å². The Morgan fingerprint density at radius 3 is 2.88 bits per heavy atom. The molecule has 0 fully saturated rings. The standard InChI is InChI=1S/C13H13BrO2S/c1-9(15)12-3-2-11(14)6-13(12)16-7-10-4-5-17-8-10/h2-6,8-9,15H,7H2,1H3/t9-/m1/s1. The van der Waals surface area contributed by atoms with Crippen LogP contribution in [-0.2, 0) is 6.61 Å². The molecule has 0 aliphatic heterocycles. The fourth-order valence-corrected chi connectivity index (χ4v) is 2.51. The Hall–Kier alpha value is -0.840. The van der Waals surface area contributed by atoms with Crippen LogP contribution >= 0.6 is 27.3 Å². The van der Waals surface area contributed by atoms with Crippen molar-refractivity contribution in [2.75, 3.05) is 0 Å². The number of thiophene rings is 1. The molecule has 4 heteroatoms. The Bertz CT molecular complexity index is 480. The van der Waals surface area contributed by atoms with Gasteiger partial charge in [0.05, 0.1) is 6.10 Å². The molecule has 0 aliphatic carbocycles. The van der Waals surface area contributed by atoms with E-state index in [9.17, 15) is 5.11 Å². The molecule has 1 aromatic carbocycles. The lowest BCUT2D eigenvalue weighted by Crippen LogP contribution is -2.00. The van der Waals surface area contributed by atoms with Crippen molar-refractivity contribution in [2.45, 2.75) is 19.6 Å². The van der Waals surface area contributed by atoms with E-state index in [0.717, 1.165) is 21.3 Å². The van der Waals surface area contributed by atoms with Crippen LogP contribution in [0.25, 0.3) is 0 Å². The molecule has 1 aromatic heterocycles. The van der Waals surface area contributed by atoms with Crippen molar-refractivity contribution >= 4 is 27.3 Å². The molecule has 0 radical (unpaired) electrons. The summed E-state index contributed by atoms with van der Waals surface area (Å²) in [5, 5.41) is 13.7. The van der Waals surface area contributed by atoms with Crippen molar-refractivity contribution in [1.82, 2.24) is 0 Å². The number of hydrogen-bond donors (Lipinski definition) is 1. The summed E-state index contributed by atoms with van der Waals surface area (Å²) in [6, 6.07) is 7.69. The molecule has 0 saturated heterocycles. The van der Waals surface area contributed by atoms with E-state index >= 15 is 0 Å². The fraction of sp³-hybridized carbons (Fsp3) is 0.231. The first kappa shape index (κ1) is 12.6. The van der Waals surface area contributed by atoms with Gasteiger partial charge in [-0.3, -0.25) is 0 Å². The number of aliphatic hydroxyl groups excluding tert-OH is 1. The van der Waals surface area contributed by atoms with E-state index in [-0.39, 0.29) is 0 Å². The molecule has 2 rings (SSSR count). The lowest BCUT2D eigenvalue weighted by Gasteiger charge is -2.13. The van der Waals surface area contributed by atoms with Crippen LogP contribution in [0.5, 0.6) is 5.75 Å². The molecule has 90 valence electrons. The van der Waals surface area contributed by atoms with E-state index in [1.807, 2.05) is 29.6 Å². The molecule has 1 heterocycles. The van der Waals surface area contributed by atoms with Crippen LogP contribution in [0.3, 0.4) is 0 Å². The quantitative estimate of drug-likeness (QED) is 0.919. The highest BCUT2D eigenvalue weighted by Crippen LogP contribution is 2.29. The zero-order valence-corrected chi connectivity index (χ0v) is 11.8. The Balaban J connectivity index is 2.16. The number of rotatable bonds is 4. The van der Waals surface area contributed by atoms with Gasteiger partial charge < -0.3 is 9.84 Å². The highest BCUT2D eigenvalue weighted by molar-refractivity contribution is 9.10. The fourth-order valence-electron chi connectivity index (χ4n) is 1.51. The summed E-state index contributed by atoms with van der Waals surface area (Å²) in [7, 11) is 0. The van der Waals surface area contributed by atoms with Crippen LogP contribution in [0.2, 0.25) is 0 Å². The molecular weight excluding hydrogens is 300 g/mol. The molecule has 1 atom stereocenters. The Morgan fingerprint density at radius 2 is 2.24 bits per heavy atom. The number of aliphatic hydroxyl groups is 1. The average molecular weight is 313 g/mol. The van der Waals surface area contributed by atoms with E-state index in [4.69, 9.17) is 4.74 Å². The summed E-state index contributed by atoms with van der Waals surface area (Å²) in [5.74, 6) is 0.723. The van der Waals surface area contributed by atoms with Gasteiger partial charge in [-0.2, -0.15) is 11.3 Å². The molecule has 17 heavy (non-hydrogen) atoms. The molecule has 1 N–H and O–H groups in total. The second kappa shape index (κ2) is 5.67.